The lowest BCUT2D eigenvalue weighted by atomic mass is 10.2. The van der Waals surface area contributed by atoms with Crippen molar-refractivity contribution in [3.8, 4) is 5.75 Å². The van der Waals surface area contributed by atoms with Crippen molar-refractivity contribution < 1.29 is 19.7 Å². The number of esters is 1. The summed E-state index contributed by atoms with van der Waals surface area (Å²) in [6, 6.07) is 15.9. The predicted octanol–water partition coefficient (Wildman–Crippen LogP) is 2.05. The second kappa shape index (κ2) is 8.05. The Morgan fingerprint density at radius 2 is 1.68 bits per heavy atom. The fourth-order valence-corrected chi connectivity index (χ4v) is 2.10. The molecule has 0 aliphatic rings. The number of benzene rings is 2. The number of hydrogen-bond donors (Lipinski definition) is 2. The molecule has 0 fully saturated rings. The number of nitrogens with zero attached hydrogens (tertiary/aromatic N) is 1. The molecule has 22 heavy (non-hydrogen) atoms. The minimum atomic E-state index is -0.560. The third kappa shape index (κ3) is 4.23. The fraction of sp³-hybridized carbons (Fsp3) is 0.235. The molecule has 0 amide bonds. The van der Waals surface area contributed by atoms with E-state index in [1.54, 1.807) is 12.1 Å². The molecule has 2 rings (SSSR count). The number of rotatable bonds is 7. The van der Waals surface area contributed by atoms with Crippen molar-refractivity contribution in [1.29, 1.82) is 0 Å². The summed E-state index contributed by atoms with van der Waals surface area (Å²) in [5, 5.41) is 18.7. The Morgan fingerprint density at radius 3 is 2.36 bits per heavy atom. The molecule has 5 nitrogen and oxygen atoms in total. The predicted molar refractivity (Wildman–Crippen MR) is 84.1 cm³/mol. The molecule has 0 aromatic heterocycles. The number of carbonyl (C=O) groups is 1. The van der Waals surface area contributed by atoms with E-state index in [4.69, 9.17) is 9.84 Å². The normalized spacial score (nSPS) is 10.2. The minimum absolute atomic E-state index is 0.0162. The van der Waals surface area contributed by atoms with Gasteiger partial charge in [-0.25, -0.2) is 4.79 Å². The Hall–Kier alpha value is -2.53. The summed E-state index contributed by atoms with van der Waals surface area (Å²) in [6.07, 6.45) is 0. The van der Waals surface area contributed by atoms with Gasteiger partial charge in [0, 0.05) is 12.2 Å². The molecule has 0 heterocycles. The molecule has 0 atom stereocenters. The van der Waals surface area contributed by atoms with Crippen LogP contribution in [0.4, 0.5) is 5.69 Å². The highest BCUT2D eigenvalue weighted by Gasteiger charge is 2.12. The second-order valence-corrected chi connectivity index (χ2v) is 4.70. The van der Waals surface area contributed by atoms with Crippen LogP contribution >= 0.6 is 0 Å². The summed E-state index contributed by atoms with van der Waals surface area (Å²) in [7, 11) is 0. The number of aliphatic hydroxyl groups is 1. The van der Waals surface area contributed by atoms with E-state index in [1.165, 1.54) is 12.1 Å². The molecule has 2 aromatic rings. The molecular weight excluding hydrogens is 282 g/mol. The second-order valence-electron chi connectivity index (χ2n) is 4.70. The van der Waals surface area contributed by atoms with Gasteiger partial charge in [-0.1, -0.05) is 30.3 Å². The quantitative estimate of drug-likeness (QED) is 0.766. The van der Waals surface area contributed by atoms with E-state index in [-0.39, 0.29) is 24.5 Å². The molecule has 116 valence electrons. The van der Waals surface area contributed by atoms with Gasteiger partial charge in [0.2, 0.25) is 0 Å². The van der Waals surface area contributed by atoms with Gasteiger partial charge in [-0.2, -0.15) is 0 Å². The molecule has 0 aliphatic carbocycles. The lowest BCUT2D eigenvalue weighted by Gasteiger charge is -2.23. The van der Waals surface area contributed by atoms with Gasteiger partial charge in [0.05, 0.1) is 13.2 Å². The van der Waals surface area contributed by atoms with Gasteiger partial charge in [0.15, 0.2) is 0 Å². The zero-order valence-electron chi connectivity index (χ0n) is 12.2. The van der Waals surface area contributed by atoms with Gasteiger partial charge < -0.3 is 19.8 Å². The molecule has 5 heteroatoms. The van der Waals surface area contributed by atoms with Gasteiger partial charge >= 0.3 is 5.97 Å². The van der Waals surface area contributed by atoms with E-state index in [0.29, 0.717) is 13.1 Å². The molecule has 2 N–H and O–H groups in total. The van der Waals surface area contributed by atoms with Gasteiger partial charge in [-0.15, -0.1) is 0 Å². The van der Waals surface area contributed by atoms with Crippen LogP contribution in [0.25, 0.3) is 0 Å². The maximum absolute atomic E-state index is 11.9. The standard InChI is InChI=1S/C17H19NO4/c19-12-10-18(14-6-2-1-3-7-14)11-13-22-17(21)15-8-4-5-9-16(15)20/h1-9,19-20H,10-13H2. The van der Waals surface area contributed by atoms with E-state index in [2.05, 4.69) is 0 Å². The number of phenols is 1. The summed E-state index contributed by atoms with van der Waals surface area (Å²) in [5.41, 5.74) is 1.10. The summed E-state index contributed by atoms with van der Waals surface area (Å²) >= 11 is 0. The first-order valence-corrected chi connectivity index (χ1v) is 7.08. The number of phenolic OH excluding ortho intramolecular Hbond substituents is 1. The van der Waals surface area contributed by atoms with Gasteiger partial charge in [0.25, 0.3) is 0 Å². The third-order valence-corrected chi connectivity index (χ3v) is 3.21. The fourth-order valence-electron chi connectivity index (χ4n) is 2.10. The van der Waals surface area contributed by atoms with E-state index < -0.39 is 5.97 Å². The molecule has 2 aromatic carbocycles. The highest BCUT2D eigenvalue weighted by molar-refractivity contribution is 5.92. The minimum Gasteiger partial charge on any atom is -0.507 e. The number of aliphatic hydroxyl groups excluding tert-OH is 1. The highest BCUT2D eigenvalue weighted by Crippen LogP contribution is 2.17. The Balaban J connectivity index is 1.91. The van der Waals surface area contributed by atoms with Crippen molar-refractivity contribution in [2.75, 3.05) is 31.2 Å². The van der Waals surface area contributed by atoms with Crippen molar-refractivity contribution in [2.24, 2.45) is 0 Å². The van der Waals surface area contributed by atoms with Crippen molar-refractivity contribution >= 4 is 11.7 Å². The van der Waals surface area contributed by atoms with Crippen molar-refractivity contribution in [2.45, 2.75) is 0 Å². The zero-order valence-corrected chi connectivity index (χ0v) is 12.2. The molecular formula is C17H19NO4. The maximum atomic E-state index is 11.9. The van der Waals surface area contributed by atoms with Crippen LogP contribution in [0.1, 0.15) is 10.4 Å². The van der Waals surface area contributed by atoms with Crippen LogP contribution in [-0.2, 0) is 4.74 Å². The largest absolute Gasteiger partial charge is 0.507 e. The third-order valence-electron chi connectivity index (χ3n) is 3.21. The average Bonchev–Trinajstić information content (AvgIpc) is 2.55. The van der Waals surface area contributed by atoms with Crippen molar-refractivity contribution in [3.05, 3.63) is 60.2 Å². The SMILES string of the molecule is O=C(OCCN(CCO)c1ccccc1)c1ccccc1O. The molecule has 0 aliphatic heterocycles. The Bertz CT molecular complexity index is 601. The van der Waals surface area contributed by atoms with E-state index >= 15 is 0 Å². The Labute approximate surface area is 129 Å². The number of ether oxygens (including phenoxy) is 1. The number of carbonyl (C=O) groups excluding carboxylic acids is 1. The molecule has 0 saturated carbocycles. The number of hydrogen-bond acceptors (Lipinski definition) is 5. The summed E-state index contributed by atoms with van der Waals surface area (Å²) in [4.78, 5) is 13.8. The lowest BCUT2D eigenvalue weighted by Crippen LogP contribution is -2.31. The molecule has 0 saturated heterocycles. The summed E-state index contributed by atoms with van der Waals surface area (Å²) in [6.45, 7) is 1.10. The van der Waals surface area contributed by atoms with Crippen LogP contribution < -0.4 is 4.90 Å². The van der Waals surface area contributed by atoms with Gasteiger partial charge in [0.1, 0.15) is 17.9 Å². The Morgan fingerprint density at radius 1 is 1.00 bits per heavy atom. The highest BCUT2D eigenvalue weighted by atomic mass is 16.5. The van der Waals surface area contributed by atoms with Crippen molar-refractivity contribution in [1.82, 2.24) is 0 Å². The van der Waals surface area contributed by atoms with Gasteiger partial charge in [-0.3, -0.25) is 0 Å². The lowest BCUT2D eigenvalue weighted by molar-refractivity contribution is 0.0511. The van der Waals surface area contributed by atoms with Crippen LogP contribution in [0.15, 0.2) is 54.6 Å². The van der Waals surface area contributed by atoms with Crippen LogP contribution in [0.3, 0.4) is 0 Å². The summed E-state index contributed by atoms with van der Waals surface area (Å²) < 4.78 is 5.18. The van der Waals surface area contributed by atoms with E-state index in [0.717, 1.165) is 5.69 Å². The van der Waals surface area contributed by atoms with Gasteiger partial charge in [-0.05, 0) is 24.3 Å². The first-order chi connectivity index (χ1) is 10.7. The van der Waals surface area contributed by atoms with Crippen molar-refractivity contribution in [3.63, 3.8) is 0 Å². The number of aromatic hydroxyl groups is 1. The average molecular weight is 301 g/mol. The van der Waals surface area contributed by atoms with Crippen LogP contribution in [-0.4, -0.2) is 42.5 Å². The topological polar surface area (TPSA) is 70.0 Å². The maximum Gasteiger partial charge on any atom is 0.341 e. The summed E-state index contributed by atoms with van der Waals surface area (Å²) in [5.74, 6) is -0.655. The number of anilines is 1. The molecule has 0 unspecified atom stereocenters. The Kier molecular flexibility index (Phi) is 5.80. The van der Waals surface area contributed by atoms with Crippen LogP contribution in [0, 0.1) is 0 Å². The molecule has 0 bridgehead atoms. The van der Waals surface area contributed by atoms with Crippen LogP contribution in [0.5, 0.6) is 5.75 Å². The zero-order chi connectivity index (χ0) is 15.8. The van der Waals surface area contributed by atoms with E-state index in [9.17, 15) is 9.90 Å². The first kappa shape index (κ1) is 15.9. The number of para-hydroxylation sites is 2. The molecule has 0 spiro atoms. The van der Waals surface area contributed by atoms with E-state index in [1.807, 2.05) is 35.2 Å². The smallest absolute Gasteiger partial charge is 0.341 e. The first-order valence-electron chi connectivity index (χ1n) is 7.08. The van der Waals surface area contributed by atoms with Crippen LogP contribution in [0.2, 0.25) is 0 Å². The molecule has 0 radical (unpaired) electrons. The monoisotopic (exact) mass is 301 g/mol.